The lowest BCUT2D eigenvalue weighted by molar-refractivity contribution is -0.00177. The molecule has 4 N–H and O–H groups in total. The summed E-state index contributed by atoms with van der Waals surface area (Å²) in [6.07, 6.45) is 3.42. The second kappa shape index (κ2) is 9.94. The summed E-state index contributed by atoms with van der Waals surface area (Å²) in [6, 6.07) is 7.11. The molecule has 1 amide bonds. The number of halogens is 1. The first-order valence-corrected chi connectivity index (χ1v) is 10.5. The van der Waals surface area contributed by atoms with Gasteiger partial charge in [-0.05, 0) is 39.3 Å². The predicted octanol–water partition coefficient (Wildman–Crippen LogP) is 2.31. The van der Waals surface area contributed by atoms with Crippen LogP contribution in [0.15, 0.2) is 36.8 Å². The van der Waals surface area contributed by atoms with Crippen LogP contribution in [0.25, 0.3) is 16.9 Å². The molecule has 0 spiro atoms. The van der Waals surface area contributed by atoms with Crippen molar-refractivity contribution < 1.29 is 19.4 Å². The SMILES string of the molecule is CC(CCO)Nc1cc(-n2ccc3cc(C#N)cnc32)ncc1C(=O)NC[C@H](F)C(C)(C)O. The standard InChI is InChI=1S/C23H27FN6O3/c1-14(5-7-31)29-18-9-20(30-6-4-16-8-15(10-25)11-27-21(16)30)26-12-17(18)22(32)28-13-19(24)23(2,3)33/h4,6,8-9,11-12,14,19,31,33H,5,7,13H2,1-3H3,(H,26,29)(H,28,32)/t14?,19-/m0/s1. The number of nitrogens with zero attached hydrogens (tertiary/aromatic N) is 4. The lowest BCUT2D eigenvalue weighted by Gasteiger charge is -2.23. The Bertz CT molecular complexity index is 1180. The number of carbonyl (C=O) groups excluding carboxylic acids is 1. The van der Waals surface area contributed by atoms with E-state index in [0.29, 0.717) is 29.1 Å². The molecule has 0 saturated carbocycles. The fourth-order valence-corrected chi connectivity index (χ4v) is 3.20. The number of fused-ring (bicyclic) bond motifs is 1. The van der Waals surface area contributed by atoms with Crippen LogP contribution in [-0.2, 0) is 0 Å². The van der Waals surface area contributed by atoms with Gasteiger partial charge in [0.2, 0.25) is 0 Å². The Kier molecular flexibility index (Phi) is 7.26. The number of nitriles is 1. The fraction of sp³-hybridized carbons (Fsp3) is 0.391. The van der Waals surface area contributed by atoms with Crippen molar-refractivity contribution in [3.05, 3.63) is 47.9 Å². The summed E-state index contributed by atoms with van der Waals surface area (Å²) in [5.74, 6) is -0.0638. The van der Waals surface area contributed by atoms with Crippen molar-refractivity contribution in [3.63, 3.8) is 0 Å². The molecule has 3 aromatic heterocycles. The lowest BCUT2D eigenvalue weighted by atomic mass is 10.0. The van der Waals surface area contributed by atoms with E-state index >= 15 is 0 Å². The summed E-state index contributed by atoms with van der Waals surface area (Å²) >= 11 is 0. The Morgan fingerprint density at radius 2 is 2.09 bits per heavy atom. The van der Waals surface area contributed by atoms with Gasteiger partial charge in [0.1, 0.15) is 23.7 Å². The first kappa shape index (κ1) is 24.1. The zero-order chi connectivity index (χ0) is 24.2. The molecule has 2 atom stereocenters. The van der Waals surface area contributed by atoms with Gasteiger partial charge >= 0.3 is 0 Å². The van der Waals surface area contributed by atoms with Crippen molar-refractivity contribution in [1.82, 2.24) is 19.9 Å². The molecule has 0 aliphatic rings. The van der Waals surface area contributed by atoms with E-state index in [1.807, 2.05) is 13.0 Å². The Morgan fingerprint density at radius 3 is 2.76 bits per heavy atom. The Morgan fingerprint density at radius 1 is 1.33 bits per heavy atom. The Balaban J connectivity index is 1.95. The molecule has 33 heavy (non-hydrogen) atoms. The number of alkyl halides is 1. The third-order valence-corrected chi connectivity index (χ3v) is 5.21. The molecule has 10 heteroatoms. The molecule has 0 fully saturated rings. The van der Waals surface area contributed by atoms with E-state index in [9.17, 15) is 19.4 Å². The van der Waals surface area contributed by atoms with Crippen LogP contribution < -0.4 is 10.6 Å². The van der Waals surface area contributed by atoms with Gasteiger partial charge in [-0.3, -0.25) is 9.36 Å². The average Bonchev–Trinajstić information content (AvgIpc) is 3.19. The zero-order valence-corrected chi connectivity index (χ0v) is 18.7. The van der Waals surface area contributed by atoms with Gasteiger partial charge in [0.05, 0.1) is 29.0 Å². The highest BCUT2D eigenvalue weighted by molar-refractivity contribution is 5.99. The summed E-state index contributed by atoms with van der Waals surface area (Å²) in [5.41, 5.74) is 0.103. The van der Waals surface area contributed by atoms with Crippen LogP contribution in [0, 0.1) is 11.3 Å². The van der Waals surface area contributed by atoms with Crippen molar-refractivity contribution in [2.75, 3.05) is 18.5 Å². The smallest absolute Gasteiger partial charge is 0.255 e. The number of hydrogen-bond donors (Lipinski definition) is 4. The van der Waals surface area contributed by atoms with Gasteiger partial charge in [-0.15, -0.1) is 0 Å². The monoisotopic (exact) mass is 454 g/mol. The summed E-state index contributed by atoms with van der Waals surface area (Å²) in [5, 5.41) is 34.5. The van der Waals surface area contributed by atoms with Gasteiger partial charge in [-0.1, -0.05) is 0 Å². The van der Waals surface area contributed by atoms with E-state index in [-0.39, 0.29) is 24.8 Å². The molecule has 174 valence electrons. The fourth-order valence-electron chi connectivity index (χ4n) is 3.20. The first-order valence-electron chi connectivity index (χ1n) is 10.5. The van der Waals surface area contributed by atoms with E-state index < -0.39 is 17.7 Å². The highest BCUT2D eigenvalue weighted by atomic mass is 19.1. The normalized spacial score (nSPS) is 13.4. The second-order valence-corrected chi connectivity index (χ2v) is 8.41. The summed E-state index contributed by atoms with van der Waals surface area (Å²) < 4.78 is 15.8. The second-order valence-electron chi connectivity index (χ2n) is 8.41. The molecule has 0 radical (unpaired) electrons. The predicted molar refractivity (Wildman–Crippen MR) is 122 cm³/mol. The third kappa shape index (κ3) is 5.63. The van der Waals surface area contributed by atoms with Crippen LogP contribution in [0.3, 0.4) is 0 Å². The van der Waals surface area contributed by atoms with Crippen LogP contribution in [0.5, 0.6) is 0 Å². The number of carbonyl (C=O) groups is 1. The summed E-state index contributed by atoms with van der Waals surface area (Å²) in [4.78, 5) is 21.5. The number of hydrogen-bond acceptors (Lipinski definition) is 7. The van der Waals surface area contributed by atoms with E-state index in [1.54, 1.807) is 22.9 Å². The minimum atomic E-state index is -1.64. The quantitative estimate of drug-likeness (QED) is 0.389. The summed E-state index contributed by atoms with van der Waals surface area (Å²) in [6.45, 7) is 4.14. The maximum Gasteiger partial charge on any atom is 0.255 e. The largest absolute Gasteiger partial charge is 0.396 e. The Hall–Kier alpha value is -3.55. The number of rotatable bonds is 9. The molecular weight excluding hydrogens is 427 g/mol. The number of aliphatic hydroxyl groups is 2. The van der Waals surface area contributed by atoms with Crippen molar-refractivity contribution in [2.45, 2.75) is 45.0 Å². The topological polar surface area (TPSA) is 136 Å². The highest BCUT2D eigenvalue weighted by Crippen LogP contribution is 2.24. The van der Waals surface area contributed by atoms with E-state index in [1.165, 1.54) is 26.2 Å². The number of amides is 1. The Labute approximate surface area is 190 Å². The number of aromatic nitrogens is 3. The van der Waals surface area contributed by atoms with Crippen molar-refractivity contribution in [2.24, 2.45) is 0 Å². The number of anilines is 1. The minimum absolute atomic E-state index is 0.0316. The van der Waals surface area contributed by atoms with Crippen LogP contribution in [0.4, 0.5) is 10.1 Å². The molecule has 9 nitrogen and oxygen atoms in total. The summed E-state index contributed by atoms with van der Waals surface area (Å²) in [7, 11) is 0. The minimum Gasteiger partial charge on any atom is -0.396 e. The van der Waals surface area contributed by atoms with Gasteiger partial charge in [-0.25, -0.2) is 14.4 Å². The molecule has 0 aromatic carbocycles. The number of pyridine rings is 2. The van der Waals surface area contributed by atoms with Crippen LogP contribution >= 0.6 is 0 Å². The molecular formula is C23H27FN6O3. The average molecular weight is 455 g/mol. The number of aliphatic hydroxyl groups excluding tert-OH is 1. The van der Waals surface area contributed by atoms with E-state index in [4.69, 9.17) is 5.26 Å². The lowest BCUT2D eigenvalue weighted by Crippen LogP contribution is -2.42. The highest BCUT2D eigenvalue weighted by Gasteiger charge is 2.27. The molecule has 0 aliphatic carbocycles. The van der Waals surface area contributed by atoms with Crippen molar-refractivity contribution >= 4 is 22.6 Å². The van der Waals surface area contributed by atoms with Crippen LogP contribution in [0.1, 0.15) is 43.1 Å². The molecule has 0 bridgehead atoms. The van der Waals surface area contributed by atoms with Crippen molar-refractivity contribution in [3.8, 4) is 11.9 Å². The maximum absolute atomic E-state index is 14.1. The van der Waals surface area contributed by atoms with Gasteiger partial charge in [0, 0.05) is 42.7 Å². The molecule has 3 rings (SSSR count). The van der Waals surface area contributed by atoms with Gasteiger partial charge in [-0.2, -0.15) is 5.26 Å². The van der Waals surface area contributed by atoms with Gasteiger partial charge in [0.25, 0.3) is 5.91 Å². The maximum atomic E-state index is 14.1. The first-order chi connectivity index (χ1) is 15.6. The molecule has 0 aliphatic heterocycles. The molecule has 3 heterocycles. The molecule has 0 saturated heterocycles. The van der Waals surface area contributed by atoms with Gasteiger partial charge in [0.15, 0.2) is 0 Å². The number of nitrogens with one attached hydrogen (secondary N) is 2. The van der Waals surface area contributed by atoms with Crippen molar-refractivity contribution in [1.29, 1.82) is 5.26 Å². The van der Waals surface area contributed by atoms with E-state index in [2.05, 4.69) is 26.7 Å². The zero-order valence-electron chi connectivity index (χ0n) is 18.7. The third-order valence-electron chi connectivity index (χ3n) is 5.21. The van der Waals surface area contributed by atoms with Gasteiger partial charge < -0.3 is 20.8 Å². The van der Waals surface area contributed by atoms with Crippen LogP contribution in [0.2, 0.25) is 0 Å². The van der Waals surface area contributed by atoms with Crippen LogP contribution in [-0.4, -0.2) is 61.6 Å². The van der Waals surface area contributed by atoms with E-state index in [0.717, 1.165) is 5.39 Å². The molecule has 1 unspecified atom stereocenters. The molecule has 3 aromatic rings.